The van der Waals surface area contributed by atoms with Gasteiger partial charge in [-0.1, -0.05) is 30.8 Å². The van der Waals surface area contributed by atoms with Gasteiger partial charge in [0, 0.05) is 35.0 Å². The molecule has 0 saturated heterocycles. The van der Waals surface area contributed by atoms with Crippen LogP contribution in [0.2, 0.25) is 0 Å². The van der Waals surface area contributed by atoms with Gasteiger partial charge in [0.15, 0.2) is 5.16 Å². The lowest BCUT2D eigenvalue weighted by Gasteiger charge is -2.22. The molecular formula is C19H21N3O2S2. The molecule has 136 valence electrons. The molecule has 1 fully saturated rings. The Hall–Kier alpha value is -1.73. The third-order valence-corrected chi connectivity index (χ3v) is 6.80. The lowest BCUT2D eigenvalue weighted by molar-refractivity contribution is -0.116. The Morgan fingerprint density at radius 3 is 2.88 bits per heavy atom. The number of amides is 1. The average molecular weight is 388 g/mol. The summed E-state index contributed by atoms with van der Waals surface area (Å²) in [5.74, 6) is 0.355. The SMILES string of the molecule is C[C@H]1CCN(C(=O)CSc2nc(=O)ccn2C2CC2)c2ccccc2S1. The first-order chi connectivity index (χ1) is 12.6. The van der Waals surface area contributed by atoms with E-state index in [0.29, 0.717) is 16.4 Å². The number of thioether (sulfide) groups is 2. The number of carbonyl (C=O) groups is 1. The number of rotatable bonds is 4. The molecule has 1 amide bonds. The van der Waals surface area contributed by atoms with Gasteiger partial charge in [-0.25, -0.2) is 0 Å². The zero-order valence-corrected chi connectivity index (χ0v) is 16.3. The monoisotopic (exact) mass is 387 g/mol. The highest BCUT2D eigenvalue weighted by Crippen LogP contribution is 2.39. The smallest absolute Gasteiger partial charge is 0.273 e. The number of fused-ring (bicyclic) bond motifs is 1. The fourth-order valence-corrected chi connectivity index (χ4v) is 5.12. The van der Waals surface area contributed by atoms with Crippen LogP contribution in [0.1, 0.15) is 32.2 Å². The van der Waals surface area contributed by atoms with E-state index in [4.69, 9.17) is 0 Å². The molecular weight excluding hydrogens is 366 g/mol. The molecule has 1 aliphatic carbocycles. The summed E-state index contributed by atoms with van der Waals surface area (Å²) >= 11 is 3.19. The van der Waals surface area contributed by atoms with E-state index in [1.54, 1.807) is 6.20 Å². The van der Waals surface area contributed by atoms with Crippen molar-refractivity contribution in [2.45, 2.75) is 47.5 Å². The second-order valence-electron chi connectivity index (χ2n) is 6.71. The van der Waals surface area contributed by atoms with E-state index in [1.165, 1.54) is 17.8 Å². The molecule has 0 radical (unpaired) electrons. The first kappa shape index (κ1) is 17.7. The standard InChI is InChI=1S/C19H21N3O2S2/c1-13-8-10-22(15-4-2-3-5-16(15)26-13)18(24)12-25-19-20-17(23)9-11-21(19)14-6-7-14/h2-5,9,11,13-14H,6-8,10,12H2,1H3/t13-/m0/s1. The van der Waals surface area contributed by atoms with Gasteiger partial charge in [-0.15, -0.1) is 11.8 Å². The summed E-state index contributed by atoms with van der Waals surface area (Å²) in [6.07, 6.45) is 4.99. The van der Waals surface area contributed by atoms with Gasteiger partial charge in [0.05, 0.1) is 11.4 Å². The van der Waals surface area contributed by atoms with E-state index in [0.717, 1.165) is 36.4 Å². The topological polar surface area (TPSA) is 55.2 Å². The number of benzene rings is 1. The summed E-state index contributed by atoms with van der Waals surface area (Å²) in [6, 6.07) is 10.0. The maximum atomic E-state index is 13.0. The molecule has 7 heteroatoms. The number of para-hydroxylation sites is 1. The molecule has 4 rings (SSSR count). The normalized spacial score (nSPS) is 19.7. The van der Waals surface area contributed by atoms with Crippen molar-refractivity contribution < 1.29 is 4.79 Å². The highest BCUT2D eigenvalue weighted by molar-refractivity contribution is 8.00. The number of hydrogen-bond acceptors (Lipinski definition) is 5. The second kappa shape index (κ2) is 7.48. The minimum absolute atomic E-state index is 0.0672. The number of nitrogens with zero attached hydrogens (tertiary/aromatic N) is 3. The third-order valence-electron chi connectivity index (χ3n) is 4.61. The summed E-state index contributed by atoms with van der Waals surface area (Å²) in [5, 5.41) is 1.14. The van der Waals surface area contributed by atoms with Crippen molar-refractivity contribution in [2.24, 2.45) is 0 Å². The van der Waals surface area contributed by atoms with Crippen LogP contribution in [-0.4, -0.2) is 33.0 Å². The molecule has 2 aliphatic rings. The Morgan fingerprint density at radius 2 is 2.08 bits per heavy atom. The number of anilines is 1. The predicted molar refractivity (Wildman–Crippen MR) is 106 cm³/mol. The van der Waals surface area contributed by atoms with Crippen molar-refractivity contribution >= 4 is 35.1 Å². The molecule has 1 aromatic heterocycles. The third kappa shape index (κ3) is 3.83. The summed E-state index contributed by atoms with van der Waals surface area (Å²) in [7, 11) is 0. The first-order valence-electron chi connectivity index (χ1n) is 8.90. The Bertz CT molecular complexity index is 879. The van der Waals surface area contributed by atoms with Crippen LogP contribution in [-0.2, 0) is 4.79 Å². The maximum absolute atomic E-state index is 13.0. The minimum Gasteiger partial charge on any atom is -0.324 e. The van der Waals surface area contributed by atoms with Gasteiger partial charge in [0.1, 0.15) is 0 Å². The fraction of sp³-hybridized carbons (Fsp3) is 0.421. The molecule has 5 nitrogen and oxygen atoms in total. The van der Waals surface area contributed by atoms with E-state index in [-0.39, 0.29) is 17.2 Å². The van der Waals surface area contributed by atoms with Crippen LogP contribution in [0.5, 0.6) is 0 Å². The van der Waals surface area contributed by atoms with Gasteiger partial charge < -0.3 is 9.47 Å². The quantitative estimate of drug-likeness (QED) is 0.593. The molecule has 1 aliphatic heterocycles. The molecule has 1 saturated carbocycles. The average Bonchev–Trinajstić information content (AvgIpc) is 3.46. The summed E-state index contributed by atoms with van der Waals surface area (Å²) in [5.41, 5.74) is 0.746. The van der Waals surface area contributed by atoms with Crippen molar-refractivity contribution in [3.05, 3.63) is 46.9 Å². The highest BCUT2D eigenvalue weighted by atomic mass is 32.2. The van der Waals surface area contributed by atoms with Gasteiger partial charge in [-0.2, -0.15) is 4.98 Å². The molecule has 26 heavy (non-hydrogen) atoms. The molecule has 0 bridgehead atoms. The van der Waals surface area contributed by atoms with Crippen LogP contribution in [0, 0.1) is 0 Å². The molecule has 2 heterocycles. The van der Waals surface area contributed by atoms with Crippen LogP contribution in [0.15, 0.2) is 51.4 Å². The van der Waals surface area contributed by atoms with Crippen molar-refractivity contribution in [1.82, 2.24) is 9.55 Å². The van der Waals surface area contributed by atoms with Gasteiger partial charge >= 0.3 is 0 Å². The maximum Gasteiger partial charge on any atom is 0.273 e. The van der Waals surface area contributed by atoms with Gasteiger partial charge in [0.2, 0.25) is 5.91 Å². The molecule has 0 unspecified atom stereocenters. The molecule has 0 N–H and O–H groups in total. The zero-order chi connectivity index (χ0) is 18.1. The van der Waals surface area contributed by atoms with Crippen LogP contribution in [0.4, 0.5) is 5.69 Å². The Kier molecular flexibility index (Phi) is 5.09. The fourth-order valence-electron chi connectivity index (χ4n) is 3.08. The van der Waals surface area contributed by atoms with Crippen LogP contribution >= 0.6 is 23.5 Å². The van der Waals surface area contributed by atoms with Crippen molar-refractivity contribution in [3.8, 4) is 0 Å². The molecule has 1 atom stereocenters. The lowest BCUT2D eigenvalue weighted by Crippen LogP contribution is -2.33. The second-order valence-corrected chi connectivity index (χ2v) is 9.13. The molecule has 1 aromatic carbocycles. The lowest BCUT2D eigenvalue weighted by atomic mass is 10.2. The van der Waals surface area contributed by atoms with E-state index >= 15 is 0 Å². The molecule has 2 aromatic rings. The summed E-state index contributed by atoms with van der Waals surface area (Å²) in [6.45, 7) is 2.93. The van der Waals surface area contributed by atoms with Gasteiger partial charge in [-0.3, -0.25) is 9.59 Å². The Balaban J connectivity index is 1.52. The first-order valence-corrected chi connectivity index (χ1v) is 10.8. The largest absolute Gasteiger partial charge is 0.324 e. The van der Waals surface area contributed by atoms with E-state index < -0.39 is 0 Å². The van der Waals surface area contributed by atoms with Crippen LogP contribution in [0.25, 0.3) is 0 Å². The Labute approximate surface area is 161 Å². The molecule has 0 spiro atoms. The minimum atomic E-state index is -0.248. The van der Waals surface area contributed by atoms with Crippen molar-refractivity contribution in [3.63, 3.8) is 0 Å². The zero-order valence-electron chi connectivity index (χ0n) is 14.6. The van der Waals surface area contributed by atoms with E-state index in [9.17, 15) is 9.59 Å². The van der Waals surface area contributed by atoms with E-state index in [2.05, 4.69) is 18.0 Å². The Morgan fingerprint density at radius 1 is 1.27 bits per heavy atom. The number of carbonyl (C=O) groups excluding carboxylic acids is 1. The predicted octanol–water partition coefficient (Wildman–Crippen LogP) is 3.59. The van der Waals surface area contributed by atoms with Crippen molar-refractivity contribution in [1.29, 1.82) is 0 Å². The van der Waals surface area contributed by atoms with Crippen LogP contribution < -0.4 is 10.5 Å². The number of aromatic nitrogens is 2. The summed E-state index contributed by atoms with van der Waals surface area (Å²) < 4.78 is 2.04. The number of hydrogen-bond donors (Lipinski definition) is 0. The van der Waals surface area contributed by atoms with Crippen LogP contribution in [0.3, 0.4) is 0 Å². The highest BCUT2D eigenvalue weighted by Gasteiger charge is 2.27. The van der Waals surface area contributed by atoms with Crippen molar-refractivity contribution in [2.75, 3.05) is 17.2 Å². The van der Waals surface area contributed by atoms with Gasteiger partial charge in [-0.05, 0) is 31.4 Å². The van der Waals surface area contributed by atoms with E-state index in [1.807, 2.05) is 39.4 Å². The van der Waals surface area contributed by atoms with Gasteiger partial charge in [0.25, 0.3) is 5.56 Å². The summed E-state index contributed by atoms with van der Waals surface area (Å²) in [4.78, 5) is 31.8.